The lowest BCUT2D eigenvalue weighted by atomic mass is 10.1. The first-order valence-corrected chi connectivity index (χ1v) is 7.78. The van der Waals surface area contributed by atoms with E-state index in [9.17, 15) is 26.7 Å². The number of ether oxygens (including phenoxy) is 2. The lowest BCUT2D eigenvalue weighted by Gasteiger charge is -2.12. The number of rotatable bonds is 7. The van der Waals surface area contributed by atoms with E-state index in [1.165, 1.54) is 25.3 Å². The van der Waals surface area contributed by atoms with Gasteiger partial charge >= 0.3 is 12.8 Å². The van der Waals surface area contributed by atoms with E-state index in [0.717, 1.165) is 18.2 Å². The van der Waals surface area contributed by atoms with Crippen molar-refractivity contribution in [2.45, 2.75) is 19.2 Å². The smallest absolute Gasteiger partial charge is 0.416 e. The highest BCUT2D eigenvalue weighted by Gasteiger charge is 2.30. The van der Waals surface area contributed by atoms with E-state index < -0.39 is 24.3 Å². The summed E-state index contributed by atoms with van der Waals surface area (Å²) in [6.07, 6.45) is -4.28. The molecule has 0 bridgehead atoms. The first-order chi connectivity index (χ1) is 12.7. The summed E-state index contributed by atoms with van der Waals surface area (Å²) in [6, 6.07) is 8.45. The largest absolute Gasteiger partial charge is 0.493 e. The van der Waals surface area contributed by atoms with Crippen molar-refractivity contribution in [2.24, 2.45) is 0 Å². The van der Waals surface area contributed by atoms with Gasteiger partial charge in [0.05, 0.1) is 12.7 Å². The molecule has 146 valence electrons. The summed E-state index contributed by atoms with van der Waals surface area (Å²) in [5.74, 6) is -0.681. The molecule has 1 amide bonds. The molecule has 0 aliphatic carbocycles. The van der Waals surface area contributed by atoms with E-state index in [2.05, 4.69) is 10.1 Å². The van der Waals surface area contributed by atoms with Crippen LogP contribution in [-0.4, -0.2) is 26.2 Å². The van der Waals surface area contributed by atoms with E-state index in [1.54, 1.807) is 6.07 Å². The van der Waals surface area contributed by atoms with Crippen molar-refractivity contribution in [1.29, 1.82) is 0 Å². The van der Waals surface area contributed by atoms with Crippen LogP contribution in [0.4, 0.5) is 22.0 Å². The molecule has 2 aromatic carbocycles. The predicted octanol–water partition coefficient (Wildman–Crippen LogP) is 4.29. The number of benzene rings is 2. The van der Waals surface area contributed by atoms with Gasteiger partial charge in [0.15, 0.2) is 11.5 Å². The summed E-state index contributed by atoms with van der Waals surface area (Å²) in [5.41, 5.74) is -0.462. The fraction of sp³-hybridized carbons (Fsp3) is 0.278. The van der Waals surface area contributed by atoms with Crippen LogP contribution in [-0.2, 0) is 12.6 Å². The van der Waals surface area contributed by atoms with Crippen LogP contribution in [0.3, 0.4) is 0 Å². The Bertz CT molecular complexity index is 793. The topological polar surface area (TPSA) is 47.6 Å². The zero-order valence-corrected chi connectivity index (χ0v) is 14.1. The molecule has 0 saturated carbocycles. The molecule has 2 rings (SSSR count). The molecule has 0 saturated heterocycles. The van der Waals surface area contributed by atoms with E-state index in [0.29, 0.717) is 5.56 Å². The molecule has 0 aliphatic rings. The highest BCUT2D eigenvalue weighted by Crippen LogP contribution is 2.30. The molecule has 4 nitrogen and oxygen atoms in total. The first kappa shape index (κ1) is 20.5. The molecule has 0 aliphatic heterocycles. The molecular weight excluding hydrogens is 373 g/mol. The summed E-state index contributed by atoms with van der Waals surface area (Å²) in [7, 11) is 1.31. The first-order valence-electron chi connectivity index (χ1n) is 7.78. The molecule has 9 heteroatoms. The Kier molecular flexibility index (Phi) is 6.59. The van der Waals surface area contributed by atoms with Crippen LogP contribution in [0, 0.1) is 0 Å². The minimum Gasteiger partial charge on any atom is -0.493 e. The minimum atomic E-state index is -4.54. The Morgan fingerprint density at radius 3 is 2.48 bits per heavy atom. The van der Waals surface area contributed by atoms with Gasteiger partial charge in [-0.1, -0.05) is 12.1 Å². The van der Waals surface area contributed by atoms with Gasteiger partial charge in [0.25, 0.3) is 5.91 Å². The second-order valence-corrected chi connectivity index (χ2v) is 5.45. The van der Waals surface area contributed by atoms with Gasteiger partial charge < -0.3 is 14.8 Å². The summed E-state index contributed by atoms with van der Waals surface area (Å²) in [6.45, 7) is -2.93. The van der Waals surface area contributed by atoms with Crippen molar-refractivity contribution in [2.75, 3.05) is 13.7 Å². The lowest BCUT2D eigenvalue weighted by Crippen LogP contribution is -2.26. The maximum atomic E-state index is 12.7. The second-order valence-electron chi connectivity index (χ2n) is 5.45. The molecule has 0 radical (unpaired) electrons. The van der Waals surface area contributed by atoms with Gasteiger partial charge in [0.2, 0.25) is 0 Å². The van der Waals surface area contributed by atoms with Crippen molar-refractivity contribution < 1.29 is 36.2 Å². The number of methoxy groups -OCH3 is 1. The number of nitrogens with one attached hydrogen (secondary N) is 1. The standard InChI is InChI=1S/C18H16F5NO3/c1-26-14-6-5-11(9-15(14)27-17(19)20)7-8-24-16(25)12-3-2-4-13(10-12)18(21,22)23/h2-6,9-10,17H,7-8H2,1H3,(H,24,25). The van der Waals surface area contributed by atoms with Gasteiger partial charge in [0.1, 0.15) is 0 Å². The van der Waals surface area contributed by atoms with Crippen LogP contribution in [0.15, 0.2) is 42.5 Å². The molecule has 0 unspecified atom stereocenters. The summed E-state index contributed by atoms with van der Waals surface area (Å²) in [5, 5.41) is 2.49. The van der Waals surface area contributed by atoms with Crippen LogP contribution in [0.25, 0.3) is 0 Å². The van der Waals surface area contributed by atoms with Crippen LogP contribution < -0.4 is 14.8 Å². The number of carbonyl (C=O) groups is 1. The third-order valence-electron chi connectivity index (χ3n) is 3.60. The highest BCUT2D eigenvalue weighted by molar-refractivity contribution is 5.94. The normalized spacial score (nSPS) is 11.4. The minimum absolute atomic E-state index is 0.0928. The van der Waals surface area contributed by atoms with E-state index >= 15 is 0 Å². The molecule has 0 atom stereocenters. The van der Waals surface area contributed by atoms with Gasteiger partial charge in [-0.2, -0.15) is 22.0 Å². The number of amides is 1. The van der Waals surface area contributed by atoms with E-state index in [4.69, 9.17) is 4.74 Å². The Labute approximate surface area is 151 Å². The highest BCUT2D eigenvalue weighted by atomic mass is 19.4. The van der Waals surface area contributed by atoms with Crippen molar-refractivity contribution in [3.8, 4) is 11.5 Å². The SMILES string of the molecule is COc1ccc(CCNC(=O)c2cccc(C(F)(F)F)c2)cc1OC(F)F. The average molecular weight is 389 g/mol. The third-order valence-corrected chi connectivity index (χ3v) is 3.60. The Balaban J connectivity index is 1.99. The van der Waals surface area contributed by atoms with E-state index in [1.807, 2.05) is 0 Å². The monoisotopic (exact) mass is 389 g/mol. The number of halogens is 5. The quantitative estimate of drug-likeness (QED) is 0.719. The number of alkyl halides is 5. The van der Waals surface area contributed by atoms with E-state index in [-0.39, 0.29) is 30.0 Å². The third kappa shape index (κ3) is 5.83. The van der Waals surface area contributed by atoms with Gasteiger partial charge in [-0.3, -0.25) is 4.79 Å². The number of hydrogen-bond donors (Lipinski definition) is 1. The van der Waals surface area contributed by atoms with Crippen LogP contribution >= 0.6 is 0 Å². The molecule has 0 fully saturated rings. The molecule has 2 aromatic rings. The Morgan fingerprint density at radius 1 is 1.11 bits per heavy atom. The summed E-state index contributed by atoms with van der Waals surface area (Å²) >= 11 is 0. The average Bonchev–Trinajstić information content (AvgIpc) is 2.61. The Morgan fingerprint density at radius 2 is 1.85 bits per heavy atom. The van der Waals surface area contributed by atoms with Gasteiger partial charge in [-0.05, 0) is 42.3 Å². The van der Waals surface area contributed by atoms with Crippen molar-refractivity contribution in [3.63, 3.8) is 0 Å². The number of carbonyl (C=O) groups excluding carboxylic acids is 1. The van der Waals surface area contributed by atoms with Crippen molar-refractivity contribution >= 4 is 5.91 Å². The summed E-state index contributed by atoms with van der Waals surface area (Å²) < 4.78 is 72.2. The molecule has 0 aromatic heterocycles. The maximum Gasteiger partial charge on any atom is 0.416 e. The molecular formula is C18H16F5NO3. The van der Waals surface area contributed by atoms with Gasteiger partial charge in [0, 0.05) is 12.1 Å². The zero-order valence-electron chi connectivity index (χ0n) is 14.1. The Hall–Kier alpha value is -2.84. The zero-order chi connectivity index (χ0) is 20.0. The predicted molar refractivity (Wildman–Crippen MR) is 87.1 cm³/mol. The second kappa shape index (κ2) is 8.70. The fourth-order valence-corrected chi connectivity index (χ4v) is 2.32. The van der Waals surface area contributed by atoms with Crippen LogP contribution in [0.1, 0.15) is 21.5 Å². The van der Waals surface area contributed by atoms with Crippen LogP contribution in [0.5, 0.6) is 11.5 Å². The van der Waals surface area contributed by atoms with Crippen LogP contribution in [0.2, 0.25) is 0 Å². The van der Waals surface area contributed by atoms with Crippen molar-refractivity contribution in [3.05, 3.63) is 59.2 Å². The fourth-order valence-electron chi connectivity index (χ4n) is 2.32. The maximum absolute atomic E-state index is 12.7. The lowest BCUT2D eigenvalue weighted by molar-refractivity contribution is -0.137. The van der Waals surface area contributed by atoms with Gasteiger partial charge in [-0.15, -0.1) is 0 Å². The molecule has 1 N–H and O–H groups in total. The molecule has 0 spiro atoms. The molecule has 27 heavy (non-hydrogen) atoms. The molecule has 0 heterocycles. The van der Waals surface area contributed by atoms with Gasteiger partial charge in [-0.25, -0.2) is 0 Å². The van der Waals surface area contributed by atoms with Crippen molar-refractivity contribution in [1.82, 2.24) is 5.32 Å². The summed E-state index contributed by atoms with van der Waals surface area (Å²) in [4.78, 5) is 12.0. The number of hydrogen-bond acceptors (Lipinski definition) is 3.